The molecule has 0 heterocycles. The third-order valence-electron chi connectivity index (χ3n) is 1.53. The maximum Gasteiger partial charge on any atom is 0.219 e. The van der Waals surface area contributed by atoms with Gasteiger partial charge in [-0.1, -0.05) is 0 Å². The van der Waals surface area contributed by atoms with Crippen molar-refractivity contribution in [3.05, 3.63) is 0 Å². The Morgan fingerprint density at radius 1 is 1.42 bits per heavy atom. The first-order valence-electron chi connectivity index (χ1n) is 4.49. The molecule has 3 heteroatoms. The van der Waals surface area contributed by atoms with Crippen molar-refractivity contribution in [3.8, 4) is 0 Å². The summed E-state index contributed by atoms with van der Waals surface area (Å²) in [4.78, 5) is 10.8. The molecule has 0 unspecified atom stereocenters. The molecule has 0 spiro atoms. The molecule has 0 fully saturated rings. The van der Waals surface area contributed by atoms with Gasteiger partial charge in [0.05, 0.1) is 6.10 Å². The molecule has 12 heavy (non-hydrogen) atoms. The minimum Gasteiger partial charge on any atom is -0.379 e. The zero-order chi connectivity index (χ0) is 9.40. The summed E-state index contributed by atoms with van der Waals surface area (Å²) in [6.07, 6.45) is 2.78. The second-order valence-electron chi connectivity index (χ2n) is 3.05. The van der Waals surface area contributed by atoms with Gasteiger partial charge in [0.15, 0.2) is 0 Å². The second kappa shape index (κ2) is 7.10. The Kier molecular flexibility index (Phi) is 6.76. The third kappa shape index (κ3) is 7.54. The first-order valence-corrected chi connectivity index (χ1v) is 4.49. The highest BCUT2D eigenvalue weighted by molar-refractivity contribution is 5.75. The van der Waals surface area contributed by atoms with Gasteiger partial charge in [0.2, 0.25) is 5.91 Å². The van der Waals surface area contributed by atoms with E-state index in [1.165, 1.54) is 0 Å². The number of amides is 1. The quantitative estimate of drug-likeness (QED) is 0.615. The summed E-state index contributed by atoms with van der Waals surface area (Å²) in [5.41, 5.74) is 0. The lowest BCUT2D eigenvalue weighted by molar-refractivity contribution is -0.120. The van der Waals surface area contributed by atoms with Crippen LogP contribution in [0.3, 0.4) is 0 Å². The van der Waals surface area contributed by atoms with Crippen LogP contribution in [0.1, 0.15) is 33.1 Å². The number of carbonyl (C=O) groups excluding carboxylic acids is 1. The normalized spacial score (nSPS) is 10.3. The SMILES string of the molecule is CNC(=O)CCCCOC(C)C. The molecule has 1 amide bonds. The molecule has 0 aromatic carbocycles. The van der Waals surface area contributed by atoms with Crippen molar-refractivity contribution in [2.24, 2.45) is 0 Å². The van der Waals surface area contributed by atoms with Gasteiger partial charge in [-0.25, -0.2) is 0 Å². The fourth-order valence-electron chi connectivity index (χ4n) is 0.832. The van der Waals surface area contributed by atoms with Gasteiger partial charge < -0.3 is 10.1 Å². The second-order valence-corrected chi connectivity index (χ2v) is 3.05. The number of ether oxygens (including phenoxy) is 1. The van der Waals surface area contributed by atoms with Crippen LogP contribution < -0.4 is 5.32 Å². The Labute approximate surface area is 74.5 Å². The lowest BCUT2D eigenvalue weighted by Gasteiger charge is -2.06. The van der Waals surface area contributed by atoms with E-state index in [-0.39, 0.29) is 5.91 Å². The highest BCUT2D eigenvalue weighted by atomic mass is 16.5. The first kappa shape index (κ1) is 11.4. The average molecular weight is 173 g/mol. The topological polar surface area (TPSA) is 38.3 Å². The maximum atomic E-state index is 10.8. The van der Waals surface area contributed by atoms with E-state index >= 15 is 0 Å². The standard InChI is InChI=1S/C9H19NO2/c1-8(2)12-7-5-4-6-9(11)10-3/h8H,4-7H2,1-3H3,(H,10,11). The van der Waals surface area contributed by atoms with Crippen LogP contribution >= 0.6 is 0 Å². The van der Waals surface area contributed by atoms with Crippen LogP contribution in [0.2, 0.25) is 0 Å². The van der Waals surface area contributed by atoms with Crippen molar-refractivity contribution >= 4 is 5.91 Å². The first-order chi connectivity index (χ1) is 5.66. The molecule has 0 bridgehead atoms. The van der Waals surface area contributed by atoms with Crippen LogP contribution in [-0.4, -0.2) is 25.7 Å². The Hall–Kier alpha value is -0.570. The summed E-state index contributed by atoms with van der Waals surface area (Å²) in [7, 11) is 1.66. The third-order valence-corrected chi connectivity index (χ3v) is 1.53. The number of carbonyl (C=O) groups is 1. The van der Waals surface area contributed by atoms with Crippen LogP contribution in [0.15, 0.2) is 0 Å². The number of nitrogens with one attached hydrogen (secondary N) is 1. The van der Waals surface area contributed by atoms with Gasteiger partial charge in [0, 0.05) is 20.1 Å². The summed E-state index contributed by atoms with van der Waals surface area (Å²) in [6, 6.07) is 0. The monoisotopic (exact) mass is 173 g/mol. The Balaban J connectivity index is 3.05. The molecule has 72 valence electrons. The predicted octanol–water partition coefficient (Wildman–Crippen LogP) is 1.33. The van der Waals surface area contributed by atoms with E-state index in [1.54, 1.807) is 7.05 Å². The number of unbranched alkanes of at least 4 members (excludes halogenated alkanes) is 1. The molecule has 0 aliphatic heterocycles. The van der Waals surface area contributed by atoms with Crippen LogP contribution in [0.25, 0.3) is 0 Å². The summed E-state index contributed by atoms with van der Waals surface area (Å²) >= 11 is 0. The average Bonchev–Trinajstić information content (AvgIpc) is 2.03. The zero-order valence-electron chi connectivity index (χ0n) is 8.22. The van der Waals surface area contributed by atoms with E-state index in [9.17, 15) is 4.79 Å². The molecule has 0 atom stereocenters. The molecule has 0 radical (unpaired) electrons. The Morgan fingerprint density at radius 2 is 2.08 bits per heavy atom. The minimum atomic E-state index is 0.111. The lowest BCUT2D eigenvalue weighted by atomic mass is 10.2. The predicted molar refractivity (Wildman–Crippen MR) is 49.0 cm³/mol. The van der Waals surface area contributed by atoms with Crippen LogP contribution in [0.5, 0.6) is 0 Å². The van der Waals surface area contributed by atoms with E-state index in [0.717, 1.165) is 19.4 Å². The Morgan fingerprint density at radius 3 is 2.58 bits per heavy atom. The van der Waals surface area contributed by atoms with Crippen LogP contribution in [0.4, 0.5) is 0 Å². The molecular formula is C9H19NO2. The Bertz CT molecular complexity index is 124. The van der Waals surface area contributed by atoms with E-state index in [0.29, 0.717) is 12.5 Å². The molecule has 1 N–H and O–H groups in total. The zero-order valence-corrected chi connectivity index (χ0v) is 8.22. The molecule has 0 saturated carbocycles. The summed E-state index contributed by atoms with van der Waals surface area (Å²) < 4.78 is 5.33. The minimum absolute atomic E-state index is 0.111. The van der Waals surface area contributed by atoms with Crippen molar-refractivity contribution in [1.82, 2.24) is 5.32 Å². The van der Waals surface area contributed by atoms with Gasteiger partial charge in [-0.3, -0.25) is 4.79 Å². The van der Waals surface area contributed by atoms with Crippen LogP contribution in [-0.2, 0) is 9.53 Å². The van der Waals surface area contributed by atoms with Gasteiger partial charge >= 0.3 is 0 Å². The van der Waals surface area contributed by atoms with E-state index in [2.05, 4.69) is 5.32 Å². The molecule has 0 aliphatic rings. The molecule has 0 rings (SSSR count). The maximum absolute atomic E-state index is 10.8. The lowest BCUT2D eigenvalue weighted by Crippen LogP contribution is -2.17. The molecule has 0 aromatic rings. The van der Waals surface area contributed by atoms with Crippen LogP contribution in [0, 0.1) is 0 Å². The van der Waals surface area contributed by atoms with Crippen molar-refractivity contribution in [2.75, 3.05) is 13.7 Å². The van der Waals surface area contributed by atoms with E-state index in [1.807, 2.05) is 13.8 Å². The number of rotatable bonds is 6. The van der Waals surface area contributed by atoms with E-state index < -0.39 is 0 Å². The van der Waals surface area contributed by atoms with Gasteiger partial charge in [-0.05, 0) is 26.7 Å². The summed E-state index contributed by atoms with van der Waals surface area (Å²) in [5.74, 6) is 0.111. The van der Waals surface area contributed by atoms with Gasteiger partial charge in [0.25, 0.3) is 0 Å². The summed E-state index contributed by atoms with van der Waals surface area (Å²) in [6.45, 7) is 4.78. The van der Waals surface area contributed by atoms with Gasteiger partial charge in [-0.15, -0.1) is 0 Å². The van der Waals surface area contributed by atoms with Crippen molar-refractivity contribution in [1.29, 1.82) is 0 Å². The fraction of sp³-hybridized carbons (Fsp3) is 0.889. The smallest absolute Gasteiger partial charge is 0.219 e. The number of hydrogen-bond acceptors (Lipinski definition) is 2. The van der Waals surface area contributed by atoms with Crippen molar-refractivity contribution in [3.63, 3.8) is 0 Å². The largest absolute Gasteiger partial charge is 0.379 e. The molecule has 0 aromatic heterocycles. The highest BCUT2D eigenvalue weighted by Crippen LogP contribution is 1.97. The highest BCUT2D eigenvalue weighted by Gasteiger charge is 1.97. The molecule has 3 nitrogen and oxygen atoms in total. The van der Waals surface area contributed by atoms with Gasteiger partial charge in [-0.2, -0.15) is 0 Å². The van der Waals surface area contributed by atoms with Gasteiger partial charge in [0.1, 0.15) is 0 Å². The molecule has 0 saturated heterocycles. The van der Waals surface area contributed by atoms with Crippen molar-refractivity contribution in [2.45, 2.75) is 39.2 Å². The molecular weight excluding hydrogens is 154 g/mol. The number of hydrogen-bond donors (Lipinski definition) is 1. The summed E-state index contributed by atoms with van der Waals surface area (Å²) in [5, 5.41) is 2.58. The van der Waals surface area contributed by atoms with Crippen molar-refractivity contribution < 1.29 is 9.53 Å². The van der Waals surface area contributed by atoms with E-state index in [4.69, 9.17) is 4.74 Å². The fourth-order valence-corrected chi connectivity index (χ4v) is 0.832. The molecule has 0 aliphatic carbocycles.